The second-order valence-electron chi connectivity index (χ2n) is 6.35. The highest BCUT2D eigenvalue weighted by atomic mass is 16.1. The van der Waals surface area contributed by atoms with Crippen molar-refractivity contribution in [1.29, 1.82) is 0 Å². The van der Waals surface area contributed by atoms with E-state index in [0.717, 1.165) is 18.2 Å². The summed E-state index contributed by atoms with van der Waals surface area (Å²) >= 11 is 0. The lowest BCUT2D eigenvalue weighted by molar-refractivity contribution is -0.114. The van der Waals surface area contributed by atoms with Crippen molar-refractivity contribution in [1.82, 2.24) is 10.6 Å². The zero-order valence-electron chi connectivity index (χ0n) is 12.7. The fourth-order valence-electron chi connectivity index (χ4n) is 3.21. The first-order valence-electron chi connectivity index (χ1n) is 8.04. The number of anilines is 1. The number of carbonyl (C=O) groups excluding carboxylic acids is 1. The lowest BCUT2D eigenvalue weighted by Gasteiger charge is -2.22. The van der Waals surface area contributed by atoms with Crippen LogP contribution in [0.4, 0.5) is 5.69 Å². The summed E-state index contributed by atoms with van der Waals surface area (Å²) in [5, 5.41) is 9.95. The van der Waals surface area contributed by atoms with Crippen LogP contribution < -0.4 is 16.0 Å². The highest BCUT2D eigenvalue weighted by Crippen LogP contribution is 2.41. The molecule has 2 fully saturated rings. The molecular weight excluding hydrogens is 262 g/mol. The summed E-state index contributed by atoms with van der Waals surface area (Å²) in [5.41, 5.74) is 2.26. The fraction of sp³-hybridized carbons (Fsp3) is 0.588. The molecule has 114 valence electrons. The first-order chi connectivity index (χ1) is 10.2. The molecule has 1 aromatic carbocycles. The van der Waals surface area contributed by atoms with Crippen molar-refractivity contribution in [2.45, 2.75) is 38.1 Å². The van der Waals surface area contributed by atoms with Crippen molar-refractivity contribution in [3.8, 4) is 0 Å². The lowest BCUT2D eigenvalue weighted by atomic mass is 9.98. The average Bonchev–Trinajstić information content (AvgIpc) is 3.26. The third-order valence-electron chi connectivity index (χ3n) is 4.58. The van der Waals surface area contributed by atoms with Crippen molar-refractivity contribution >= 4 is 11.6 Å². The van der Waals surface area contributed by atoms with E-state index in [1.54, 1.807) is 0 Å². The van der Waals surface area contributed by atoms with Crippen molar-refractivity contribution in [2.75, 3.05) is 25.0 Å². The molecule has 2 aliphatic rings. The van der Waals surface area contributed by atoms with E-state index in [0.29, 0.717) is 12.0 Å². The van der Waals surface area contributed by atoms with Gasteiger partial charge < -0.3 is 16.0 Å². The van der Waals surface area contributed by atoms with Gasteiger partial charge in [0.2, 0.25) is 5.91 Å². The van der Waals surface area contributed by atoms with E-state index in [2.05, 4.69) is 28.1 Å². The number of rotatable bonds is 5. The smallest absolute Gasteiger partial charge is 0.221 e. The average molecular weight is 287 g/mol. The predicted molar refractivity (Wildman–Crippen MR) is 85.5 cm³/mol. The third kappa shape index (κ3) is 4.05. The maximum absolute atomic E-state index is 11.0. The molecule has 0 radical (unpaired) electrons. The maximum Gasteiger partial charge on any atom is 0.221 e. The molecule has 4 heteroatoms. The molecule has 1 saturated carbocycles. The zero-order valence-corrected chi connectivity index (χ0v) is 12.7. The van der Waals surface area contributed by atoms with Gasteiger partial charge in [-0.3, -0.25) is 4.79 Å². The molecule has 2 atom stereocenters. The number of hydrogen-bond donors (Lipinski definition) is 3. The van der Waals surface area contributed by atoms with Crippen molar-refractivity contribution in [2.24, 2.45) is 5.92 Å². The van der Waals surface area contributed by atoms with Gasteiger partial charge in [-0.15, -0.1) is 0 Å². The van der Waals surface area contributed by atoms with E-state index < -0.39 is 0 Å². The summed E-state index contributed by atoms with van der Waals surface area (Å²) in [6.07, 6.45) is 3.84. The first-order valence-corrected chi connectivity index (χ1v) is 8.04. The number of carbonyl (C=O) groups is 1. The van der Waals surface area contributed by atoms with E-state index in [1.165, 1.54) is 44.8 Å². The van der Waals surface area contributed by atoms with E-state index in [-0.39, 0.29) is 5.91 Å². The van der Waals surface area contributed by atoms with Crippen LogP contribution in [0.25, 0.3) is 0 Å². The molecule has 1 amide bonds. The normalized spacial score (nSPS) is 25.6. The predicted octanol–water partition coefficient (Wildman–Crippen LogP) is 2.09. The van der Waals surface area contributed by atoms with Gasteiger partial charge in [0.05, 0.1) is 0 Å². The lowest BCUT2D eigenvalue weighted by Crippen LogP contribution is -2.34. The number of hydrogen-bond acceptors (Lipinski definition) is 3. The number of amides is 1. The highest BCUT2D eigenvalue weighted by molar-refractivity contribution is 5.88. The van der Waals surface area contributed by atoms with Crippen LogP contribution in [-0.2, 0) is 4.79 Å². The summed E-state index contributed by atoms with van der Waals surface area (Å²) in [4.78, 5) is 11.0. The number of benzene rings is 1. The molecule has 3 N–H and O–H groups in total. The van der Waals surface area contributed by atoms with Gasteiger partial charge in [0.1, 0.15) is 0 Å². The van der Waals surface area contributed by atoms with Crippen LogP contribution in [0.15, 0.2) is 24.3 Å². The molecule has 4 nitrogen and oxygen atoms in total. The number of piperidine rings is 1. The molecule has 3 rings (SSSR count). The Balaban J connectivity index is 1.45. The second kappa shape index (κ2) is 6.58. The zero-order chi connectivity index (χ0) is 14.7. The standard InChI is InChI=1S/C17H25N3O/c1-12(21)20-15-4-2-14(3-5-15)16-10-17(16)19-11-13-6-8-18-9-7-13/h2-5,13,16-19H,6-11H2,1H3,(H,20,21). The molecule has 0 bridgehead atoms. The minimum atomic E-state index is -0.0179. The Labute approximate surface area is 126 Å². The van der Waals surface area contributed by atoms with Gasteiger partial charge in [-0.25, -0.2) is 0 Å². The van der Waals surface area contributed by atoms with Crippen LogP contribution >= 0.6 is 0 Å². The summed E-state index contributed by atoms with van der Waals surface area (Å²) in [5.74, 6) is 1.48. The Morgan fingerprint density at radius 1 is 1.24 bits per heavy atom. The number of nitrogens with one attached hydrogen (secondary N) is 3. The van der Waals surface area contributed by atoms with Crippen LogP contribution in [0.2, 0.25) is 0 Å². The minimum Gasteiger partial charge on any atom is -0.326 e. The van der Waals surface area contributed by atoms with E-state index >= 15 is 0 Å². The van der Waals surface area contributed by atoms with Crippen LogP contribution in [0, 0.1) is 5.92 Å². The molecular formula is C17H25N3O. The Morgan fingerprint density at radius 2 is 1.95 bits per heavy atom. The van der Waals surface area contributed by atoms with Gasteiger partial charge in [-0.2, -0.15) is 0 Å². The van der Waals surface area contributed by atoms with E-state index in [1.807, 2.05) is 12.1 Å². The van der Waals surface area contributed by atoms with Gasteiger partial charge in [0, 0.05) is 24.6 Å². The van der Waals surface area contributed by atoms with Crippen LogP contribution in [0.3, 0.4) is 0 Å². The van der Waals surface area contributed by atoms with Gasteiger partial charge >= 0.3 is 0 Å². The summed E-state index contributed by atoms with van der Waals surface area (Å²) in [6.45, 7) is 5.04. The molecule has 1 heterocycles. The van der Waals surface area contributed by atoms with E-state index in [4.69, 9.17) is 0 Å². The van der Waals surface area contributed by atoms with Gasteiger partial charge in [0.25, 0.3) is 0 Å². The van der Waals surface area contributed by atoms with Crippen molar-refractivity contribution in [3.63, 3.8) is 0 Å². The van der Waals surface area contributed by atoms with Crippen molar-refractivity contribution < 1.29 is 4.79 Å². The topological polar surface area (TPSA) is 53.2 Å². The Kier molecular flexibility index (Phi) is 4.56. The fourth-order valence-corrected chi connectivity index (χ4v) is 3.21. The minimum absolute atomic E-state index is 0.0179. The molecule has 1 aromatic rings. The van der Waals surface area contributed by atoms with Crippen LogP contribution in [0.5, 0.6) is 0 Å². The first kappa shape index (κ1) is 14.5. The van der Waals surface area contributed by atoms with Gasteiger partial charge in [-0.05, 0) is 62.5 Å². The molecule has 1 saturated heterocycles. The van der Waals surface area contributed by atoms with E-state index in [9.17, 15) is 4.79 Å². The third-order valence-corrected chi connectivity index (χ3v) is 4.58. The summed E-state index contributed by atoms with van der Waals surface area (Å²) in [6, 6.07) is 8.92. The molecule has 1 aliphatic heterocycles. The maximum atomic E-state index is 11.0. The molecule has 21 heavy (non-hydrogen) atoms. The summed E-state index contributed by atoms with van der Waals surface area (Å²) in [7, 11) is 0. The molecule has 2 unspecified atom stereocenters. The summed E-state index contributed by atoms with van der Waals surface area (Å²) < 4.78 is 0. The molecule has 1 aliphatic carbocycles. The Hall–Kier alpha value is -1.39. The SMILES string of the molecule is CC(=O)Nc1ccc(C2CC2NCC2CCNCC2)cc1. The van der Waals surface area contributed by atoms with Crippen molar-refractivity contribution in [3.05, 3.63) is 29.8 Å². The highest BCUT2D eigenvalue weighted by Gasteiger charge is 2.38. The molecule has 0 aromatic heterocycles. The Bertz CT molecular complexity index is 479. The van der Waals surface area contributed by atoms with Gasteiger partial charge in [0.15, 0.2) is 0 Å². The second-order valence-corrected chi connectivity index (χ2v) is 6.35. The quantitative estimate of drug-likeness (QED) is 0.777. The Morgan fingerprint density at radius 3 is 2.62 bits per heavy atom. The van der Waals surface area contributed by atoms with Crippen LogP contribution in [-0.4, -0.2) is 31.6 Å². The monoisotopic (exact) mass is 287 g/mol. The van der Waals surface area contributed by atoms with Gasteiger partial charge in [-0.1, -0.05) is 12.1 Å². The van der Waals surface area contributed by atoms with Crippen LogP contribution in [0.1, 0.15) is 37.7 Å². The molecule has 0 spiro atoms. The largest absolute Gasteiger partial charge is 0.326 e.